The SMILES string of the molecule is O=P1(N(CCCl)CCCl)Oc2ccc(Cl)cc2C(C(Cl)(Cl)Cl)O1. The monoisotopic (exact) mass is 459 g/mol. The number of hydrogen-bond acceptors (Lipinski definition) is 3. The van der Waals surface area contributed by atoms with Crippen molar-refractivity contribution in [3.63, 3.8) is 0 Å². The van der Waals surface area contributed by atoms with Gasteiger partial charge in [0.15, 0.2) is 0 Å². The maximum absolute atomic E-state index is 13.2. The van der Waals surface area contributed by atoms with E-state index in [9.17, 15) is 4.57 Å². The highest BCUT2D eigenvalue weighted by atomic mass is 35.6. The summed E-state index contributed by atoms with van der Waals surface area (Å²) in [5.41, 5.74) is 0.403. The molecule has 0 spiro atoms. The molecule has 1 aliphatic rings. The number of hydrogen-bond donors (Lipinski definition) is 0. The molecular weight excluding hydrogens is 450 g/mol. The molecule has 0 aromatic heterocycles. The minimum Gasteiger partial charge on any atom is -0.413 e. The standard InChI is InChI=1S/C12H12Cl6NO3P/c13-3-5-19(6-4-14)23(20)21-10-2-1-8(15)7-9(10)11(22-23)12(16,17)18/h1-2,7,11H,3-6H2. The van der Waals surface area contributed by atoms with Crippen LogP contribution in [0.15, 0.2) is 18.2 Å². The molecule has 130 valence electrons. The smallest absolute Gasteiger partial charge is 0.413 e. The van der Waals surface area contributed by atoms with E-state index in [-0.39, 0.29) is 30.6 Å². The molecule has 4 nitrogen and oxygen atoms in total. The Kier molecular flexibility index (Phi) is 7.10. The summed E-state index contributed by atoms with van der Waals surface area (Å²) >= 11 is 35.4. The summed E-state index contributed by atoms with van der Waals surface area (Å²) in [4.78, 5) is 0. The largest absolute Gasteiger partial charge is 0.462 e. The lowest BCUT2D eigenvalue weighted by Gasteiger charge is -2.38. The molecule has 0 saturated heterocycles. The van der Waals surface area contributed by atoms with Crippen molar-refractivity contribution in [1.29, 1.82) is 0 Å². The summed E-state index contributed by atoms with van der Waals surface area (Å²) in [6, 6.07) is 4.68. The molecule has 2 rings (SSSR count). The van der Waals surface area contributed by atoms with Gasteiger partial charge in [0.2, 0.25) is 3.79 Å². The van der Waals surface area contributed by atoms with Gasteiger partial charge in [0, 0.05) is 35.4 Å². The summed E-state index contributed by atoms with van der Waals surface area (Å²) in [6.07, 6.45) is -1.12. The molecule has 0 aliphatic carbocycles. The van der Waals surface area contributed by atoms with Crippen molar-refractivity contribution in [2.24, 2.45) is 0 Å². The molecule has 0 N–H and O–H groups in total. The van der Waals surface area contributed by atoms with Crippen molar-refractivity contribution in [1.82, 2.24) is 4.67 Å². The van der Waals surface area contributed by atoms with E-state index in [1.807, 2.05) is 0 Å². The van der Waals surface area contributed by atoms with Crippen LogP contribution >= 0.6 is 77.4 Å². The molecule has 1 aromatic carbocycles. The molecule has 2 atom stereocenters. The predicted molar refractivity (Wildman–Crippen MR) is 96.8 cm³/mol. The highest BCUT2D eigenvalue weighted by Crippen LogP contribution is 2.64. The van der Waals surface area contributed by atoms with Crippen LogP contribution < -0.4 is 4.52 Å². The van der Waals surface area contributed by atoms with E-state index in [1.165, 1.54) is 4.67 Å². The fourth-order valence-electron chi connectivity index (χ4n) is 2.06. The molecule has 0 bridgehead atoms. The zero-order chi connectivity index (χ0) is 17.3. The number of alkyl halides is 5. The molecular formula is C12H12Cl6NO3P. The number of rotatable bonds is 5. The average molecular weight is 462 g/mol. The first kappa shape index (κ1) is 20.2. The van der Waals surface area contributed by atoms with Gasteiger partial charge in [-0.05, 0) is 18.2 Å². The quantitative estimate of drug-likeness (QED) is 0.395. The third-order valence-electron chi connectivity index (χ3n) is 3.04. The first-order valence-corrected chi connectivity index (χ1v) is 10.5. The number of fused-ring (bicyclic) bond motifs is 1. The molecule has 1 heterocycles. The van der Waals surface area contributed by atoms with Crippen LogP contribution in [-0.2, 0) is 9.09 Å². The van der Waals surface area contributed by atoms with Crippen molar-refractivity contribution in [3.05, 3.63) is 28.8 Å². The topological polar surface area (TPSA) is 38.8 Å². The third-order valence-corrected chi connectivity index (χ3v) is 6.20. The van der Waals surface area contributed by atoms with Crippen LogP contribution in [0.25, 0.3) is 0 Å². The van der Waals surface area contributed by atoms with Crippen molar-refractivity contribution >= 4 is 77.4 Å². The second-order valence-corrected chi connectivity index (χ2v) is 10.1. The Hall–Kier alpha value is 0.910. The lowest BCUT2D eigenvalue weighted by Crippen LogP contribution is -2.34. The van der Waals surface area contributed by atoms with Crippen molar-refractivity contribution < 1.29 is 13.6 Å². The van der Waals surface area contributed by atoms with Crippen LogP contribution in [0.3, 0.4) is 0 Å². The molecule has 0 fully saturated rings. The molecule has 0 saturated carbocycles. The van der Waals surface area contributed by atoms with Gasteiger partial charge in [-0.3, -0.25) is 4.52 Å². The van der Waals surface area contributed by atoms with E-state index in [1.54, 1.807) is 18.2 Å². The van der Waals surface area contributed by atoms with Gasteiger partial charge in [-0.2, -0.15) is 4.67 Å². The predicted octanol–water partition coefficient (Wildman–Crippen LogP) is 6.05. The van der Waals surface area contributed by atoms with Crippen molar-refractivity contribution in [2.45, 2.75) is 9.90 Å². The Morgan fingerprint density at radius 3 is 2.30 bits per heavy atom. The zero-order valence-corrected chi connectivity index (χ0v) is 17.0. The molecule has 23 heavy (non-hydrogen) atoms. The highest BCUT2D eigenvalue weighted by molar-refractivity contribution is 7.51. The molecule has 1 aliphatic heterocycles. The van der Waals surface area contributed by atoms with Gasteiger partial charge in [0.25, 0.3) is 0 Å². The Morgan fingerprint density at radius 1 is 1.17 bits per heavy atom. The molecule has 11 heteroatoms. The summed E-state index contributed by atoms with van der Waals surface area (Å²) in [6.45, 7) is 0.474. The van der Waals surface area contributed by atoms with E-state index in [4.69, 9.17) is 78.7 Å². The van der Waals surface area contributed by atoms with E-state index >= 15 is 0 Å². The highest BCUT2D eigenvalue weighted by Gasteiger charge is 2.49. The Morgan fingerprint density at radius 2 is 1.78 bits per heavy atom. The van der Waals surface area contributed by atoms with Crippen LogP contribution in [0.1, 0.15) is 11.7 Å². The summed E-state index contributed by atoms with van der Waals surface area (Å²) in [7, 11) is -3.79. The normalized spacial score (nSPS) is 24.4. The van der Waals surface area contributed by atoms with Crippen LogP contribution in [0.4, 0.5) is 0 Å². The third kappa shape index (κ3) is 4.75. The fourth-order valence-corrected chi connectivity index (χ4v) is 5.49. The Balaban J connectivity index is 2.47. The van der Waals surface area contributed by atoms with E-state index in [2.05, 4.69) is 0 Å². The minimum atomic E-state index is -3.79. The second-order valence-electron chi connectivity index (χ2n) is 4.60. The Bertz CT molecular complexity index is 605. The molecule has 2 unspecified atom stereocenters. The van der Waals surface area contributed by atoms with Gasteiger partial charge in [-0.25, -0.2) is 4.57 Å². The number of nitrogens with zero attached hydrogens (tertiary/aromatic N) is 1. The fraction of sp³-hybridized carbons (Fsp3) is 0.500. The van der Waals surface area contributed by atoms with E-state index in [0.717, 1.165) is 0 Å². The maximum atomic E-state index is 13.2. The lowest BCUT2D eigenvalue weighted by atomic mass is 10.1. The first-order valence-electron chi connectivity index (χ1n) is 6.43. The maximum Gasteiger partial charge on any atom is 0.462 e. The van der Waals surface area contributed by atoms with Crippen LogP contribution in [0, 0.1) is 0 Å². The first-order chi connectivity index (χ1) is 10.7. The van der Waals surface area contributed by atoms with Crippen LogP contribution in [0.2, 0.25) is 5.02 Å². The van der Waals surface area contributed by atoms with Crippen molar-refractivity contribution in [2.75, 3.05) is 24.8 Å². The molecule has 0 radical (unpaired) electrons. The minimum absolute atomic E-state index is 0.208. The van der Waals surface area contributed by atoms with E-state index < -0.39 is 17.6 Å². The number of benzene rings is 1. The van der Waals surface area contributed by atoms with Crippen LogP contribution in [0.5, 0.6) is 5.75 Å². The molecule has 1 aromatic rings. The zero-order valence-electron chi connectivity index (χ0n) is 11.5. The second kappa shape index (κ2) is 8.07. The van der Waals surface area contributed by atoms with Gasteiger partial charge in [-0.1, -0.05) is 46.4 Å². The van der Waals surface area contributed by atoms with Gasteiger partial charge in [-0.15, -0.1) is 23.2 Å². The van der Waals surface area contributed by atoms with Gasteiger partial charge < -0.3 is 4.52 Å². The van der Waals surface area contributed by atoms with Gasteiger partial charge in [0.1, 0.15) is 11.9 Å². The number of halogens is 6. The Labute approximate surface area is 164 Å². The van der Waals surface area contributed by atoms with Gasteiger partial charge in [0.05, 0.1) is 0 Å². The van der Waals surface area contributed by atoms with E-state index in [0.29, 0.717) is 10.6 Å². The van der Waals surface area contributed by atoms with Crippen LogP contribution in [-0.4, -0.2) is 33.3 Å². The van der Waals surface area contributed by atoms with Crippen molar-refractivity contribution in [3.8, 4) is 5.75 Å². The summed E-state index contributed by atoms with van der Waals surface area (Å²) in [5, 5.41) is 0.408. The summed E-state index contributed by atoms with van der Waals surface area (Å²) < 4.78 is 23.9. The average Bonchev–Trinajstić information content (AvgIpc) is 2.46. The summed E-state index contributed by atoms with van der Waals surface area (Å²) in [5.74, 6) is 0.688. The van der Waals surface area contributed by atoms with Gasteiger partial charge >= 0.3 is 7.75 Å². The molecule has 0 amide bonds. The lowest BCUT2D eigenvalue weighted by molar-refractivity contribution is 0.130.